The second-order valence-corrected chi connectivity index (χ2v) is 6.90. The summed E-state index contributed by atoms with van der Waals surface area (Å²) in [5, 5.41) is 3.47. The highest BCUT2D eigenvalue weighted by atomic mass is 32.2. The van der Waals surface area contributed by atoms with Gasteiger partial charge < -0.3 is 9.88 Å². The Labute approximate surface area is 123 Å². The first-order valence-corrected chi connectivity index (χ1v) is 8.70. The first-order valence-electron chi connectivity index (χ1n) is 7.55. The van der Waals surface area contributed by atoms with Crippen LogP contribution in [-0.2, 0) is 0 Å². The van der Waals surface area contributed by atoms with E-state index in [1.807, 2.05) is 12.3 Å². The molecule has 20 heavy (non-hydrogen) atoms. The average molecular weight is 288 g/mol. The van der Waals surface area contributed by atoms with Crippen LogP contribution in [0.1, 0.15) is 37.0 Å². The number of fused-ring (bicyclic) bond motifs is 1. The van der Waals surface area contributed by atoms with E-state index in [-0.39, 0.29) is 0 Å². The molecule has 106 valence electrons. The number of pyridine rings is 1. The molecular weight excluding hydrogens is 268 g/mol. The topological polar surface area (TPSA) is 42.7 Å². The van der Waals surface area contributed by atoms with Crippen molar-refractivity contribution < 1.29 is 0 Å². The Bertz CT molecular complexity index is 597. The molecule has 2 aliphatic heterocycles. The molecule has 4 nitrogen and oxygen atoms in total. The summed E-state index contributed by atoms with van der Waals surface area (Å²) < 4.78 is 2.44. The van der Waals surface area contributed by atoms with Gasteiger partial charge in [0, 0.05) is 24.4 Å². The van der Waals surface area contributed by atoms with Gasteiger partial charge in [-0.2, -0.15) is 11.8 Å². The van der Waals surface area contributed by atoms with Crippen LogP contribution in [0.3, 0.4) is 0 Å². The summed E-state index contributed by atoms with van der Waals surface area (Å²) in [7, 11) is 0. The van der Waals surface area contributed by atoms with Crippen molar-refractivity contribution in [2.24, 2.45) is 0 Å². The lowest BCUT2D eigenvalue weighted by molar-refractivity contribution is 0.499. The number of rotatable bonds is 2. The smallest absolute Gasteiger partial charge is 0.160 e. The number of aromatic nitrogens is 3. The predicted octanol–water partition coefficient (Wildman–Crippen LogP) is 2.58. The van der Waals surface area contributed by atoms with Crippen LogP contribution in [0.5, 0.6) is 0 Å². The van der Waals surface area contributed by atoms with E-state index >= 15 is 0 Å². The minimum absolute atomic E-state index is 0.525. The maximum atomic E-state index is 4.94. The Morgan fingerprint density at radius 2 is 2.35 bits per heavy atom. The van der Waals surface area contributed by atoms with Crippen molar-refractivity contribution in [2.75, 3.05) is 24.6 Å². The van der Waals surface area contributed by atoms with E-state index in [2.05, 4.69) is 32.7 Å². The number of imidazole rings is 1. The lowest BCUT2D eigenvalue weighted by atomic mass is 10.0. The number of nitrogens with one attached hydrogen (secondary N) is 1. The SMILES string of the molecule is c1cnc2c(c1)nc(C1CCCSC1)n2C1CCNC1. The van der Waals surface area contributed by atoms with Crippen LogP contribution >= 0.6 is 11.8 Å². The normalized spacial score (nSPS) is 27.2. The van der Waals surface area contributed by atoms with E-state index in [1.54, 1.807) is 0 Å². The summed E-state index contributed by atoms with van der Waals surface area (Å²) in [6.07, 6.45) is 5.67. The number of nitrogens with zero attached hydrogens (tertiary/aromatic N) is 3. The van der Waals surface area contributed by atoms with E-state index in [0.717, 1.165) is 24.3 Å². The maximum Gasteiger partial charge on any atom is 0.160 e. The van der Waals surface area contributed by atoms with Gasteiger partial charge in [0.15, 0.2) is 5.65 Å². The van der Waals surface area contributed by atoms with E-state index in [1.165, 1.54) is 36.6 Å². The third-order valence-corrected chi connectivity index (χ3v) is 5.62. The zero-order chi connectivity index (χ0) is 13.4. The molecule has 5 heteroatoms. The van der Waals surface area contributed by atoms with Crippen LogP contribution in [0.2, 0.25) is 0 Å². The molecule has 4 rings (SSSR count). The fourth-order valence-electron chi connectivity index (χ4n) is 3.40. The lowest BCUT2D eigenvalue weighted by Gasteiger charge is -2.24. The molecule has 0 aromatic carbocycles. The molecule has 2 unspecified atom stereocenters. The standard InChI is InChI=1S/C15H20N4S/c1-4-13-15(17-6-1)19(12-5-7-16-9-12)14(18-13)11-3-2-8-20-10-11/h1,4,6,11-12,16H,2-3,5,7-10H2. The molecular formula is C15H20N4S. The molecule has 0 radical (unpaired) electrons. The van der Waals surface area contributed by atoms with Crippen molar-refractivity contribution in [1.82, 2.24) is 19.9 Å². The maximum absolute atomic E-state index is 4.94. The summed E-state index contributed by atoms with van der Waals surface area (Å²) in [5.74, 6) is 4.40. The zero-order valence-corrected chi connectivity index (χ0v) is 12.4. The summed E-state index contributed by atoms with van der Waals surface area (Å²) in [6, 6.07) is 4.61. The highest BCUT2D eigenvalue weighted by Gasteiger charge is 2.28. The highest BCUT2D eigenvalue weighted by molar-refractivity contribution is 7.99. The van der Waals surface area contributed by atoms with Gasteiger partial charge >= 0.3 is 0 Å². The van der Waals surface area contributed by atoms with Crippen LogP contribution in [0.25, 0.3) is 11.2 Å². The largest absolute Gasteiger partial charge is 0.315 e. The third-order valence-electron chi connectivity index (χ3n) is 4.40. The average Bonchev–Trinajstić information content (AvgIpc) is 3.14. The molecule has 2 atom stereocenters. The monoisotopic (exact) mass is 288 g/mol. The van der Waals surface area contributed by atoms with Gasteiger partial charge in [0.25, 0.3) is 0 Å². The zero-order valence-electron chi connectivity index (χ0n) is 11.6. The van der Waals surface area contributed by atoms with Gasteiger partial charge in [-0.3, -0.25) is 0 Å². The summed E-state index contributed by atoms with van der Waals surface area (Å²) in [4.78, 5) is 9.55. The molecule has 2 saturated heterocycles. The molecule has 0 saturated carbocycles. The van der Waals surface area contributed by atoms with Gasteiger partial charge in [-0.05, 0) is 43.7 Å². The summed E-state index contributed by atoms with van der Waals surface area (Å²) in [5.41, 5.74) is 2.14. The minimum atomic E-state index is 0.525. The van der Waals surface area contributed by atoms with Crippen molar-refractivity contribution >= 4 is 22.9 Å². The van der Waals surface area contributed by atoms with Crippen molar-refractivity contribution in [2.45, 2.75) is 31.2 Å². The van der Waals surface area contributed by atoms with Gasteiger partial charge in [-0.15, -0.1) is 0 Å². The molecule has 2 fully saturated rings. The van der Waals surface area contributed by atoms with Crippen LogP contribution in [-0.4, -0.2) is 39.1 Å². The summed E-state index contributed by atoms with van der Waals surface area (Å²) >= 11 is 2.07. The Morgan fingerprint density at radius 1 is 1.35 bits per heavy atom. The Morgan fingerprint density at radius 3 is 3.15 bits per heavy atom. The molecule has 1 N–H and O–H groups in total. The van der Waals surface area contributed by atoms with E-state index in [9.17, 15) is 0 Å². The molecule has 0 spiro atoms. The number of hydrogen-bond donors (Lipinski definition) is 1. The van der Waals surface area contributed by atoms with Gasteiger partial charge in [-0.1, -0.05) is 0 Å². The summed E-state index contributed by atoms with van der Waals surface area (Å²) in [6.45, 7) is 2.16. The van der Waals surface area contributed by atoms with E-state index in [4.69, 9.17) is 4.98 Å². The molecule has 0 amide bonds. The van der Waals surface area contributed by atoms with E-state index in [0.29, 0.717) is 12.0 Å². The third kappa shape index (κ3) is 2.13. The fourth-order valence-corrected chi connectivity index (χ4v) is 4.54. The highest BCUT2D eigenvalue weighted by Crippen LogP contribution is 2.34. The number of hydrogen-bond acceptors (Lipinski definition) is 4. The molecule has 0 aliphatic carbocycles. The molecule has 2 aliphatic rings. The van der Waals surface area contributed by atoms with Crippen molar-refractivity contribution in [3.8, 4) is 0 Å². The predicted molar refractivity (Wildman–Crippen MR) is 83.4 cm³/mol. The number of thioether (sulfide) groups is 1. The molecule has 4 heterocycles. The first-order chi connectivity index (χ1) is 9.93. The van der Waals surface area contributed by atoms with Gasteiger partial charge in [0.1, 0.15) is 11.3 Å². The molecule has 0 bridgehead atoms. The minimum Gasteiger partial charge on any atom is -0.315 e. The fraction of sp³-hybridized carbons (Fsp3) is 0.600. The van der Waals surface area contributed by atoms with Gasteiger partial charge in [-0.25, -0.2) is 9.97 Å². The van der Waals surface area contributed by atoms with Crippen molar-refractivity contribution in [3.63, 3.8) is 0 Å². The van der Waals surface area contributed by atoms with Crippen LogP contribution < -0.4 is 5.32 Å². The van der Waals surface area contributed by atoms with Crippen LogP contribution in [0.15, 0.2) is 18.3 Å². The second kappa shape index (κ2) is 5.37. The van der Waals surface area contributed by atoms with E-state index < -0.39 is 0 Å². The Hall–Kier alpha value is -1.07. The van der Waals surface area contributed by atoms with Gasteiger partial charge in [0.2, 0.25) is 0 Å². The van der Waals surface area contributed by atoms with Crippen LogP contribution in [0.4, 0.5) is 0 Å². The van der Waals surface area contributed by atoms with Crippen LogP contribution in [0, 0.1) is 0 Å². The Balaban J connectivity index is 1.82. The van der Waals surface area contributed by atoms with Crippen molar-refractivity contribution in [1.29, 1.82) is 0 Å². The van der Waals surface area contributed by atoms with Crippen molar-refractivity contribution in [3.05, 3.63) is 24.2 Å². The second-order valence-electron chi connectivity index (χ2n) is 5.75. The molecule has 2 aromatic rings. The quantitative estimate of drug-likeness (QED) is 0.922. The van der Waals surface area contributed by atoms with Gasteiger partial charge in [0.05, 0.1) is 6.04 Å². The Kier molecular flexibility index (Phi) is 3.40. The molecule has 2 aromatic heterocycles. The lowest BCUT2D eigenvalue weighted by Crippen LogP contribution is -2.20. The first kappa shape index (κ1) is 12.7.